The van der Waals surface area contributed by atoms with Crippen molar-refractivity contribution in [2.75, 3.05) is 13.2 Å². The van der Waals surface area contributed by atoms with Gasteiger partial charge in [0, 0.05) is 18.5 Å². The highest BCUT2D eigenvalue weighted by atomic mass is 16.5. The summed E-state index contributed by atoms with van der Waals surface area (Å²) in [6.07, 6.45) is 14.3. The Balaban J connectivity index is 1.29. The molecule has 2 fully saturated rings. The molecule has 3 aliphatic rings. The molecule has 4 rings (SSSR count). The van der Waals surface area contributed by atoms with Gasteiger partial charge in [0.05, 0.1) is 18.4 Å². The number of benzene rings is 1. The second-order valence-corrected chi connectivity index (χ2v) is 8.04. The molecule has 2 atom stereocenters. The Kier molecular flexibility index (Phi) is 6.14. The molecule has 1 saturated carbocycles. The minimum atomic E-state index is -0.335. The highest BCUT2D eigenvalue weighted by molar-refractivity contribution is 6.07. The van der Waals surface area contributed by atoms with Crippen LogP contribution in [0.25, 0.3) is 0 Å². The van der Waals surface area contributed by atoms with Crippen molar-refractivity contribution in [2.45, 2.75) is 38.5 Å². The summed E-state index contributed by atoms with van der Waals surface area (Å²) in [6.45, 7) is 1.12. The van der Waals surface area contributed by atoms with E-state index in [2.05, 4.69) is 11.8 Å². The van der Waals surface area contributed by atoms with Crippen molar-refractivity contribution in [1.82, 2.24) is 4.90 Å². The summed E-state index contributed by atoms with van der Waals surface area (Å²) >= 11 is 0. The van der Waals surface area contributed by atoms with Crippen LogP contribution in [-0.2, 0) is 9.59 Å². The quantitative estimate of drug-likeness (QED) is 0.562. The lowest BCUT2D eigenvalue weighted by Gasteiger charge is -2.21. The number of hydrogen-bond donors (Lipinski definition) is 0. The van der Waals surface area contributed by atoms with Crippen molar-refractivity contribution in [1.29, 1.82) is 0 Å². The second-order valence-electron chi connectivity index (χ2n) is 8.04. The average Bonchev–Trinajstić information content (AvgIpc) is 3.01. The number of ether oxygens (including phenoxy) is 1. The van der Waals surface area contributed by atoms with Gasteiger partial charge in [0.25, 0.3) is 0 Å². The number of imide groups is 1. The number of nitrogens with zero attached hydrogens (tertiary/aromatic N) is 1. The monoisotopic (exact) mass is 389 g/mol. The number of hydrogen-bond acceptors (Lipinski definition) is 3. The van der Waals surface area contributed by atoms with Crippen molar-refractivity contribution >= 4 is 11.8 Å². The fourth-order valence-electron chi connectivity index (χ4n) is 4.33. The summed E-state index contributed by atoms with van der Waals surface area (Å²) in [5.74, 6) is 6.86. The minimum Gasteiger partial charge on any atom is -0.493 e. The zero-order valence-corrected chi connectivity index (χ0v) is 16.7. The fraction of sp³-hybridized carbons (Fsp3) is 0.440. The van der Waals surface area contributed by atoms with Crippen molar-refractivity contribution < 1.29 is 14.3 Å². The van der Waals surface area contributed by atoms with Crippen LogP contribution in [0.3, 0.4) is 0 Å². The summed E-state index contributed by atoms with van der Waals surface area (Å²) in [4.78, 5) is 26.2. The van der Waals surface area contributed by atoms with Gasteiger partial charge in [-0.3, -0.25) is 14.5 Å². The van der Waals surface area contributed by atoms with Crippen LogP contribution in [0.15, 0.2) is 48.6 Å². The maximum Gasteiger partial charge on any atom is 0.237 e. The van der Waals surface area contributed by atoms with Crippen molar-refractivity contribution in [3.8, 4) is 17.6 Å². The minimum absolute atomic E-state index is 0.111. The predicted molar refractivity (Wildman–Crippen MR) is 112 cm³/mol. The van der Waals surface area contributed by atoms with Gasteiger partial charge in [0.15, 0.2) is 0 Å². The standard InChI is InChI=1S/C25H27NO3/c27-24-22-14-4-5-15-23(22)25(28)26(24)16-7-6-9-19-12-8-13-21(17-19)29-18-20-10-2-1-3-11-20/h4-5,8,12-15,17,20,22-23H,1-3,7,10-11,16,18H2. The maximum absolute atomic E-state index is 12.4. The molecule has 0 bridgehead atoms. The number of fused-ring (bicyclic) bond motifs is 1. The van der Waals surface area contributed by atoms with Gasteiger partial charge in [-0.05, 0) is 37.0 Å². The molecule has 1 aromatic rings. The zero-order chi connectivity index (χ0) is 20.1. The lowest BCUT2D eigenvalue weighted by Crippen LogP contribution is -2.31. The highest BCUT2D eigenvalue weighted by Crippen LogP contribution is 2.31. The third-order valence-corrected chi connectivity index (χ3v) is 5.97. The molecule has 0 N–H and O–H groups in total. The number of rotatable bonds is 5. The Morgan fingerprint density at radius 2 is 1.72 bits per heavy atom. The Morgan fingerprint density at radius 1 is 1.00 bits per heavy atom. The molecule has 4 heteroatoms. The van der Waals surface area contributed by atoms with E-state index in [0.29, 0.717) is 18.9 Å². The van der Waals surface area contributed by atoms with Crippen LogP contribution in [0.1, 0.15) is 44.1 Å². The fourth-order valence-corrected chi connectivity index (χ4v) is 4.33. The summed E-state index contributed by atoms with van der Waals surface area (Å²) in [5.41, 5.74) is 0.893. The molecule has 1 aromatic carbocycles. The van der Waals surface area contributed by atoms with Gasteiger partial charge >= 0.3 is 0 Å². The molecule has 2 aliphatic carbocycles. The second kappa shape index (κ2) is 9.13. The van der Waals surface area contributed by atoms with E-state index >= 15 is 0 Å². The summed E-state index contributed by atoms with van der Waals surface area (Å²) < 4.78 is 5.98. The molecule has 1 aliphatic heterocycles. The van der Waals surface area contributed by atoms with E-state index in [1.54, 1.807) is 0 Å². The normalized spacial score (nSPS) is 23.7. The van der Waals surface area contributed by atoms with Crippen LogP contribution < -0.4 is 4.74 Å². The van der Waals surface area contributed by atoms with E-state index < -0.39 is 0 Å². The summed E-state index contributed by atoms with van der Waals surface area (Å²) in [5, 5.41) is 0. The smallest absolute Gasteiger partial charge is 0.237 e. The number of carbonyl (C=O) groups is 2. The van der Waals surface area contributed by atoms with Crippen LogP contribution in [-0.4, -0.2) is 29.9 Å². The van der Waals surface area contributed by atoms with Gasteiger partial charge in [0.1, 0.15) is 5.75 Å². The zero-order valence-electron chi connectivity index (χ0n) is 16.7. The molecule has 1 saturated heterocycles. The first kappa shape index (κ1) is 19.5. The lowest BCUT2D eigenvalue weighted by atomic mass is 9.90. The molecular weight excluding hydrogens is 362 g/mol. The van der Waals surface area contributed by atoms with Crippen LogP contribution in [0.5, 0.6) is 5.75 Å². The van der Waals surface area contributed by atoms with Gasteiger partial charge in [0.2, 0.25) is 11.8 Å². The third-order valence-electron chi connectivity index (χ3n) is 5.97. The maximum atomic E-state index is 12.4. The lowest BCUT2D eigenvalue weighted by molar-refractivity contribution is -0.139. The van der Waals surface area contributed by atoms with E-state index in [4.69, 9.17) is 4.74 Å². The van der Waals surface area contributed by atoms with Crippen LogP contribution >= 0.6 is 0 Å². The molecule has 2 amide bonds. The van der Waals surface area contributed by atoms with Gasteiger partial charge in [-0.1, -0.05) is 61.5 Å². The van der Waals surface area contributed by atoms with Crippen LogP contribution in [0, 0.1) is 29.6 Å². The predicted octanol–water partition coefficient (Wildman–Crippen LogP) is 4.11. The van der Waals surface area contributed by atoms with E-state index in [1.807, 2.05) is 48.6 Å². The Bertz CT molecular complexity index is 853. The first-order chi connectivity index (χ1) is 14.2. The molecular formula is C25H27NO3. The Morgan fingerprint density at radius 3 is 2.45 bits per heavy atom. The first-order valence-corrected chi connectivity index (χ1v) is 10.6. The molecule has 4 nitrogen and oxygen atoms in total. The molecule has 29 heavy (non-hydrogen) atoms. The van der Waals surface area contributed by atoms with E-state index in [-0.39, 0.29) is 23.7 Å². The summed E-state index contributed by atoms with van der Waals surface area (Å²) in [7, 11) is 0. The molecule has 1 heterocycles. The van der Waals surface area contributed by atoms with Crippen molar-refractivity contribution in [2.24, 2.45) is 17.8 Å². The van der Waals surface area contributed by atoms with E-state index in [0.717, 1.165) is 17.9 Å². The van der Waals surface area contributed by atoms with Gasteiger partial charge in [-0.25, -0.2) is 0 Å². The van der Waals surface area contributed by atoms with Gasteiger partial charge < -0.3 is 4.74 Å². The average molecular weight is 389 g/mol. The molecule has 0 aromatic heterocycles. The molecule has 150 valence electrons. The molecule has 0 spiro atoms. The largest absolute Gasteiger partial charge is 0.493 e. The van der Waals surface area contributed by atoms with Crippen molar-refractivity contribution in [3.05, 3.63) is 54.1 Å². The number of likely N-dealkylation sites (tertiary alicyclic amines) is 1. The summed E-state index contributed by atoms with van der Waals surface area (Å²) in [6, 6.07) is 7.85. The van der Waals surface area contributed by atoms with Crippen molar-refractivity contribution in [3.63, 3.8) is 0 Å². The van der Waals surface area contributed by atoms with Crippen LogP contribution in [0.2, 0.25) is 0 Å². The Labute approximate surface area is 172 Å². The Hall–Kier alpha value is -2.80. The van der Waals surface area contributed by atoms with Gasteiger partial charge in [-0.15, -0.1) is 0 Å². The SMILES string of the molecule is O=C1C2C=CC=CC2C(=O)N1CCC#Cc1cccc(OCC2CCCCC2)c1. The van der Waals surface area contributed by atoms with Crippen LogP contribution in [0.4, 0.5) is 0 Å². The van der Waals surface area contributed by atoms with E-state index in [9.17, 15) is 9.59 Å². The number of amides is 2. The highest BCUT2D eigenvalue weighted by Gasteiger charge is 2.44. The molecule has 0 radical (unpaired) electrons. The third kappa shape index (κ3) is 4.62. The number of carbonyl (C=O) groups excluding carboxylic acids is 2. The van der Waals surface area contributed by atoms with Gasteiger partial charge in [-0.2, -0.15) is 0 Å². The first-order valence-electron chi connectivity index (χ1n) is 10.6. The number of allylic oxidation sites excluding steroid dienone is 2. The van der Waals surface area contributed by atoms with E-state index in [1.165, 1.54) is 37.0 Å². The topological polar surface area (TPSA) is 46.6 Å². The molecule has 2 unspecified atom stereocenters.